The number of nitrogens with zero attached hydrogens (tertiary/aromatic N) is 2. The van der Waals surface area contributed by atoms with E-state index < -0.39 is 23.9 Å². The van der Waals surface area contributed by atoms with E-state index in [0.29, 0.717) is 11.4 Å². The summed E-state index contributed by atoms with van der Waals surface area (Å²) in [5.74, 6) is -1.49. The second kappa shape index (κ2) is 21.7. The number of aromatic nitrogens is 2. The van der Waals surface area contributed by atoms with Gasteiger partial charge < -0.3 is 31.6 Å². The number of thiazole rings is 1. The van der Waals surface area contributed by atoms with E-state index >= 15 is 0 Å². The molecule has 1 aliphatic rings. The van der Waals surface area contributed by atoms with Crippen LogP contribution in [0, 0.1) is 5.92 Å². The summed E-state index contributed by atoms with van der Waals surface area (Å²) in [7, 11) is 1.50. The molecule has 0 radical (unpaired) electrons. The first-order valence-corrected chi connectivity index (χ1v) is 17.5. The van der Waals surface area contributed by atoms with Crippen molar-refractivity contribution < 1.29 is 19.2 Å². The third kappa shape index (κ3) is 13.2. The van der Waals surface area contributed by atoms with E-state index in [-0.39, 0.29) is 30.6 Å². The van der Waals surface area contributed by atoms with Gasteiger partial charge >= 0.3 is 0 Å². The number of H-pyrrole nitrogens is 1. The van der Waals surface area contributed by atoms with Crippen LogP contribution in [-0.2, 0) is 20.8 Å². The molecule has 1 saturated heterocycles. The molecular formula is C36H53N7O4S. The number of nitrogens with two attached hydrogens (primary N) is 1. The van der Waals surface area contributed by atoms with Crippen LogP contribution in [0.5, 0.6) is 0 Å². The van der Waals surface area contributed by atoms with Crippen LogP contribution >= 0.6 is 11.3 Å². The third-order valence-corrected chi connectivity index (χ3v) is 8.63. The lowest BCUT2D eigenvalue weighted by Gasteiger charge is -2.21. The van der Waals surface area contributed by atoms with E-state index in [1.165, 1.54) is 57.8 Å². The summed E-state index contributed by atoms with van der Waals surface area (Å²) in [5.41, 5.74) is 7.30. The number of allylic oxidation sites excluding steroid dienone is 3. The van der Waals surface area contributed by atoms with Gasteiger partial charge in [0.1, 0.15) is 6.04 Å². The van der Waals surface area contributed by atoms with Gasteiger partial charge in [-0.1, -0.05) is 62.8 Å². The number of likely N-dealkylation sites (tertiary alicyclic amines) is 1. The van der Waals surface area contributed by atoms with Gasteiger partial charge in [0.25, 0.3) is 0 Å². The van der Waals surface area contributed by atoms with Gasteiger partial charge in [-0.3, -0.25) is 19.2 Å². The Morgan fingerprint density at radius 1 is 1.08 bits per heavy atom. The summed E-state index contributed by atoms with van der Waals surface area (Å²) in [6.07, 6.45) is 12.5. The zero-order valence-electron chi connectivity index (χ0n) is 29.2. The Morgan fingerprint density at radius 3 is 2.38 bits per heavy atom. The van der Waals surface area contributed by atoms with Gasteiger partial charge in [-0.25, -0.2) is 4.98 Å². The normalized spacial score (nSPS) is 14.5. The highest BCUT2D eigenvalue weighted by Crippen LogP contribution is 2.21. The molecule has 4 rings (SSSR count). The lowest BCUT2D eigenvalue weighted by atomic mass is 9.95. The molecule has 48 heavy (non-hydrogen) atoms. The van der Waals surface area contributed by atoms with Crippen LogP contribution in [-0.4, -0.2) is 83.7 Å². The molecule has 12 heteroatoms. The lowest BCUT2D eigenvalue weighted by molar-refractivity contribution is -0.129. The van der Waals surface area contributed by atoms with E-state index in [2.05, 4.69) is 43.5 Å². The summed E-state index contributed by atoms with van der Waals surface area (Å²) in [6.45, 7) is 13.1. The highest BCUT2D eigenvalue weighted by molar-refractivity contribution is 7.11. The predicted octanol–water partition coefficient (Wildman–Crippen LogP) is 4.38. The molecule has 0 aliphatic carbocycles. The van der Waals surface area contributed by atoms with Crippen molar-refractivity contribution in [2.45, 2.75) is 72.4 Å². The van der Waals surface area contributed by atoms with Gasteiger partial charge in [0.05, 0.1) is 12.6 Å². The Balaban J connectivity index is 0.000000776. The second-order valence-electron chi connectivity index (χ2n) is 11.6. The fourth-order valence-electron chi connectivity index (χ4n) is 5.27. The van der Waals surface area contributed by atoms with Crippen LogP contribution in [0.4, 0.5) is 0 Å². The summed E-state index contributed by atoms with van der Waals surface area (Å²) in [5, 5.41) is 11.0. The lowest BCUT2D eigenvalue weighted by Crippen LogP contribution is -2.51. The van der Waals surface area contributed by atoms with E-state index in [9.17, 15) is 19.2 Å². The molecule has 2 aromatic heterocycles. The largest absolute Gasteiger partial charge is 0.361 e. The summed E-state index contributed by atoms with van der Waals surface area (Å²) in [6, 6.07) is 6.01. The van der Waals surface area contributed by atoms with E-state index in [1.54, 1.807) is 11.6 Å². The highest BCUT2D eigenvalue weighted by atomic mass is 32.1. The molecule has 3 aromatic rings. The van der Waals surface area contributed by atoms with Crippen molar-refractivity contribution in [3.05, 3.63) is 76.4 Å². The van der Waals surface area contributed by atoms with Gasteiger partial charge in [-0.15, -0.1) is 11.3 Å². The Morgan fingerprint density at radius 2 is 1.79 bits per heavy atom. The fraction of sp³-hybridized carbons (Fsp3) is 0.472. The highest BCUT2D eigenvalue weighted by Gasteiger charge is 2.27. The van der Waals surface area contributed by atoms with Crippen LogP contribution in [0.3, 0.4) is 0 Å². The SMILES string of the molecule is C/C=C\C=C(\CC(NC(C)=O)C(=O)NCC(=O)NC(Cc1c[nH]c2ccccc12)C(=O)c1nccs1)C(C)C.CCN1CCCC1.CN. The van der Waals surface area contributed by atoms with Crippen molar-refractivity contribution in [3.63, 3.8) is 0 Å². The minimum atomic E-state index is -0.873. The van der Waals surface area contributed by atoms with Crippen molar-refractivity contribution in [2.75, 3.05) is 33.2 Å². The number of hydrogen-bond acceptors (Lipinski definition) is 8. The molecule has 11 nitrogen and oxygen atoms in total. The van der Waals surface area contributed by atoms with Gasteiger partial charge in [0, 0.05) is 42.0 Å². The molecule has 3 heterocycles. The first-order chi connectivity index (χ1) is 23.1. The van der Waals surface area contributed by atoms with E-state index in [0.717, 1.165) is 22.0 Å². The number of ketones is 1. The fourth-order valence-corrected chi connectivity index (χ4v) is 5.90. The minimum absolute atomic E-state index is 0.163. The minimum Gasteiger partial charge on any atom is -0.361 e. The summed E-state index contributed by atoms with van der Waals surface area (Å²) >= 11 is 1.20. The molecule has 262 valence electrons. The maximum Gasteiger partial charge on any atom is 0.243 e. The van der Waals surface area contributed by atoms with E-state index in [4.69, 9.17) is 0 Å². The zero-order valence-corrected chi connectivity index (χ0v) is 30.0. The number of Topliss-reactive ketones (excluding diaryl/α,β-unsaturated/α-hetero) is 1. The average Bonchev–Trinajstić information content (AvgIpc) is 3.88. The molecule has 2 atom stereocenters. The predicted molar refractivity (Wildman–Crippen MR) is 195 cm³/mol. The van der Waals surface area contributed by atoms with Crippen LogP contribution in [0.25, 0.3) is 10.9 Å². The molecule has 1 aromatic carbocycles. The van der Waals surface area contributed by atoms with Crippen LogP contribution in [0.2, 0.25) is 0 Å². The Kier molecular flexibility index (Phi) is 18.1. The van der Waals surface area contributed by atoms with Crippen molar-refractivity contribution in [1.82, 2.24) is 30.8 Å². The van der Waals surface area contributed by atoms with Crippen molar-refractivity contribution in [3.8, 4) is 0 Å². The number of aromatic amines is 1. The number of carbonyl (C=O) groups excluding carboxylic acids is 4. The molecule has 0 spiro atoms. The number of carbonyl (C=O) groups is 4. The molecule has 0 saturated carbocycles. The number of nitrogens with one attached hydrogen (secondary N) is 4. The zero-order chi connectivity index (χ0) is 35.5. The number of rotatable bonds is 14. The number of amides is 3. The maximum absolute atomic E-state index is 13.2. The second-order valence-corrected chi connectivity index (χ2v) is 12.5. The number of benzene rings is 1. The number of hydrogen-bond donors (Lipinski definition) is 5. The van der Waals surface area contributed by atoms with Crippen LogP contribution in [0.1, 0.15) is 69.2 Å². The van der Waals surface area contributed by atoms with Gasteiger partial charge in [0.2, 0.25) is 23.5 Å². The third-order valence-electron chi connectivity index (χ3n) is 7.84. The molecule has 1 aliphatic heterocycles. The number of para-hydroxylation sites is 1. The standard InChI is InChI=1S/C29H35N5O4S.C6H13N.CH5N/c1-5-6-9-20(18(2)3)14-25(33-19(4)35)28(38)32-17-26(36)34-24(27(37)29-30-12-13-39-29)15-21-16-31-23-11-8-7-10-22(21)23;1-2-7-5-3-4-6-7;1-2/h5-13,16,18,24-25,31H,14-15,17H2,1-4H3,(H,32,38)(H,33,35)(H,34,36);2-6H2,1H3;2H2,1H3/b6-5-,20-9-;;. The van der Waals surface area contributed by atoms with Gasteiger partial charge in [-0.05, 0) is 70.4 Å². The van der Waals surface area contributed by atoms with Crippen molar-refractivity contribution in [2.24, 2.45) is 11.7 Å². The number of fused-ring (bicyclic) bond motifs is 1. The Hall–Kier alpha value is -4.13. The van der Waals surface area contributed by atoms with Crippen molar-refractivity contribution >= 4 is 45.7 Å². The summed E-state index contributed by atoms with van der Waals surface area (Å²) < 4.78 is 0. The molecule has 1 fully saturated rings. The first kappa shape index (κ1) is 40.0. The molecule has 3 amide bonds. The summed E-state index contributed by atoms with van der Waals surface area (Å²) in [4.78, 5) is 60.7. The molecular weight excluding hydrogens is 627 g/mol. The van der Waals surface area contributed by atoms with Gasteiger partial charge in [-0.2, -0.15) is 0 Å². The quantitative estimate of drug-likeness (QED) is 0.125. The van der Waals surface area contributed by atoms with E-state index in [1.807, 2.05) is 69.5 Å². The van der Waals surface area contributed by atoms with Crippen LogP contribution < -0.4 is 21.7 Å². The molecule has 6 N–H and O–H groups in total. The first-order valence-electron chi connectivity index (χ1n) is 16.6. The molecule has 0 bridgehead atoms. The monoisotopic (exact) mass is 679 g/mol. The Labute approximate surface area is 288 Å². The van der Waals surface area contributed by atoms with Crippen molar-refractivity contribution in [1.29, 1.82) is 0 Å². The van der Waals surface area contributed by atoms with Crippen LogP contribution in [0.15, 0.2) is 65.8 Å². The Bertz CT molecular complexity index is 1490. The van der Waals surface area contributed by atoms with Gasteiger partial charge in [0.15, 0.2) is 5.01 Å². The smallest absolute Gasteiger partial charge is 0.243 e. The molecule has 2 unspecified atom stereocenters. The maximum atomic E-state index is 13.2. The average molecular weight is 680 g/mol. The topological polar surface area (TPSA) is 162 Å².